The molecule has 0 bridgehead atoms. The van der Waals surface area contributed by atoms with Gasteiger partial charge in [0.2, 0.25) is 5.91 Å². The van der Waals surface area contributed by atoms with E-state index in [9.17, 15) is 18.0 Å². The van der Waals surface area contributed by atoms with E-state index < -0.39 is 11.7 Å². The van der Waals surface area contributed by atoms with Gasteiger partial charge in [0.1, 0.15) is 0 Å². The number of alkyl halides is 3. The highest BCUT2D eigenvalue weighted by molar-refractivity contribution is 5.95. The second-order valence-corrected chi connectivity index (χ2v) is 6.54. The number of anilines is 2. The fraction of sp³-hybridized carbons (Fsp3) is 0.588. The van der Waals surface area contributed by atoms with Crippen molar-refractivity contribution in [1.29, 1.82) is 0 Å². The Hall–Kier alpha value is -1.72. The standard InChI is InChI=1S/C17H23F3N2O/c1-11(2)16(23)21-14-10-13(17(18,19)20)4-5-15(14)22-8-6-12(3)7-9-22/h4-5,10-12H,6-9H2,1-3H3,(H,21,23). The van der Waals surface area contributed by atoms with Gasteiger partial charge in [0, 0.05) is 19.0 Å². The van der Waals surface area contributed by atoms with Gasteiger partial charge in [-0.1, -0.05) is 20.8 Å². The number of nitrogens with zero attached hydrogens (tertiary/aromatic N) is 1. The SMILES string of the molecule is CC1CCN(c2ccc(C(F)(F)F)cc2NC(=O)C(C)C)CC1. The molecule has 23 heavy (non-hydrogen) atoms. The second kappa shape index (κ2) is 6.81. The highest BCUT2D eigenvalue weighted by atomic mass is 19.4. The van der Waals surface area contributed by atoms with Gasteiger partial charge in [-0.3, -0.25) is 4.79 Å². The van der Waals surface area contributed by atoms with E-state index in [1.807, 2.05) is 0 Å². The Morgan fingerprint density at radius 3 is 2.39 bits per heavy atom. The lowest BCUT2D eigenvalue weighted by Gasteiger charge is -2.33. The summed E-state index contributed by atoms with van der Waals surface area (Å²) in [7, 11) is 0. The van der Waals surface area contributed by atoms with Crippen molar-refractivity contribution >= 4 is 17.3 Å². The number of carbonyl (C=O) groups excluding carboxylic acids is 1. The third-order valence-electron chi connectivity index (χ3n) is 4.23. The lowest BCUT2D eigenvalue weighted by Crippen LogP contribution is -2.33. The molecule has 128 valence electrons. The van der Waals surface area contributed by atoms with E-state index in [0.29, 0.717) is 11.6 Å². The summed E-state index contributed by atoms with van der Waals surface area (Å²) in [6, 6.07) is 3.58. The number of benzene rings is 1. The monoisotopic (exact) mass is 328 g/mol. The van der Waals surface area contributed by atoms with Gasteiger partial charge in [-0.05, 0) is 37.0 Å². The van der Waals surface area contributed by atoms with Crippen LogP contribution < -0.4 is 10.2 Å². The zero-order chi connectivity index (χ0) is 17.2. The summed E-state index contributed by atoms with van der Waals surface area (Å²) in [4.78, 5) is 14.0. The minimum absolute atomic E-state index is 0.244. The van der Waals surface area contributed by atoms with Crippen molar-refractivity contribution in [3.05, 3.63) is 23.8 Å². The van der Waals surface area contributed by atoms with Gasteiger partial charge in [-0.25, -0.2) is 0 Å². The first kappa shape index (κ1) is 17.6. The smallest absolute Gasteiger partial charge is 0.370 e. The van der Waals surface area contributed by atoms with Gasteiger partial charge >= 0.3 is 6.18 Å². The summed E-state index contributed by atoms with van der Waals surface area (Å²) in [5.74, 6) is 0.0455. The fourth-order valence-electron chi connectivity index (χ4n) is 2.61. The number of carbonyl (C=O) groups is 1. The van der Waals surface area contributed by atoms with Crippen LogP contribution in [0.1, 0.15) is 39.2 Å². The zero-order valence-electron chi connectivity index (χ0n) is 13.7. The molecule has 0 spiro atoms. The average molecular weight is 328 g/mol. The molecule has 0 atom stereocenters. The van der Waals surface area contributed by atoms with Gasteiger partial charge in [0.05, 0.1) is 16.9 Å². The molecule has 0 aromatic heterocycles. The molecule has 2 rings (SSSR count). The van der Waals surface area contributed by atoms with Crippen LogP contribution in [0, 0.1) is 11.8 Å². The molecule has 1 aromatic rings. The Labute approximate surface area is 134 Å². The van der Waals surface area contributed by atoms with Crippen molar-refractivity contribution in [1.82, 2.24) is 0 Å². The van der Waals surface area contributed by atoms with Crippen LogP contribution in [0.3, 0.4) is 0 Å². The Kier molecular flexibility index (Phi) is 5.22. The minimum atomic E-state index is -4.42. The summed E-state index contributed by atoms with van der Waals surface area (Å²) in [5, 5.41) is 2.65. The number of nitrogens with one attached hydrogen (secondary N) is 1. The lowest BCUT2D eigenvalue weighted by atomic mass is 9.98. The molecule has 1 aliphatic heterocycles. The van der Waals surface area contributed by atoms with Crippen molar-refractivity contribution in [3.63, 3.8) is 0 Å². The van der Waals surface area contributed by atoms with Crippen LogP contribution in [0.5, 0.6) is 0 Å². The number of amides is 1. The van der Waals surface area contributed by atoms with E-state index in [2.05, 4.69) is 17.1 Å². The molecule has 1 fully saturated rings. The maximum atomic E-state index is 13.0. The number of rotatable bonds is 3. The molecule has 1 N–H and O–H groups in total. The molecule has 0 unspecified atom stereocenters. The molecule has 1 aromatic carbocycles. The van der Waals surface area contributed by atoms with E-state index in [4.69, 9.17) is 0 Å². The van der Waals surface area contributed by atoms with Crippen molar-refractivity contribution in [3.8, 4) is 0 Å². The number of halogens is 3. The third kappa shape index (κ3) is 4.39. The first-order chi connectivity index (χ1) is 10.7. The Morgan fingerprint density at radius 1 is 1.26 bits per heavy atom. The van der Waals surface area contributed by atoms with Crippen molar-refractivity contribution in [2.24, 2.45) is 11.8 Å². The zero-order valence-corrected chi connectivity index (χ0v) is 13.7. The van der Waals surface area contributed by atoms with Gasteiger partial charge in [0.25, 0.3) is 0 Å². The first-order valence-corrected chi connectivity index (χ1v) is 7.95. The molecule has 1 aliphatic rings. The van der Waals surface area contributed by atoms with Gasteiger partial charge < -0.3 is 10.2 Å². The maximum absolute atomic E-state index is 13.0. The second-order valence-electron chi connectivity index (χ2n) is 6.54. The van der Waals surface area contributed by atoms with Crippen LogP contribution in [-0.2, 0) is 11.0 Å². The summed E-state index contributed by atoms with van der Waals surface area (Å²) >= 11 is 0. The van der Waals surface area contributed by atoms with E-state index in [1.165, 1.54) is 6.07 Å². The normalized spacial score (nSPS) is 16.7. The maximum Gasteiger partial charge on any atom is 0.416 e. The fourth-order valence-corrected chi connectivity index (χ4v) is 2.61. The first-order valence-electron chi connectivity index (χ1n) is 7.95. The summed E-state index contributed by atoms with van der Waals surface area (Å²) in [5.41, 5.74) is 0.165. The molecular formula is C17H23F3N2O. The molecule has 0 radical (unpaired) electrons. The van der Waals surface area contributed by atoms with Crippen molar-refractivity contribution in [2.45, 2.75) is 39.8 Å². The van der Waals surface area contributed by atoms with Gasteiger partial charge in [-0.2, -0.15) is 13.2 Å². The summed E-state index contributed by atoms with van der Waals surface area (Å²) in [6.07, 6.45) is -2.43. The quantitative estimate of drug-likeness (QED) is 0.884. The predicted molar refractivity (Wildman–Crippen MR) is 85.5 cm³/mol. The van der Waals surface area contributed by atoms with Crippen LogP contribution in [0.25, 0.3) is 0 Å². The Balaban J connectivity index is 2.34. The van der Waals surface area contributed by atoms with Gasteiger partial charge in [-0.15, -0.1) is 0 Å². The molecule has 6 heteroatoms. The molecule has 1 saturated heterocycles. The highest BCUT2D eigenvalue weighted by Gasteiger charge is 2.32. The predicted octanol–water partition coefficient (Wildman–Crippen LogP) is 4.54. The minimum Gasteiger partial charge on any atom is -0.370 e. The highest BCUT2D eigenvalue weighted by Crippen LogP contribution is 2.36. The number of piperidine rings is 1. The van der Waals surface area contributed by atoms with Gasteiger partial charge in [0.15, 0.2) is 0 Å². The van der Waals surface area contributed by atoms with E-state index >= 15 is 0 Å². The van der Waals surface area contributed by atoms with Crippen molar-refractivity contribution < 1.29 is 18.0 Å². The molecule has 3 nitrogen and oxygen atoms in total. The lowest BCUT2D eigenvalue weighted by molar-refractivity contribution is -0.137. The molecule has 1 amide bonds. The van der Waals surface area contributed by atoms with E-state index in [0.717, 1.165) is 38.1 Å². The third-order valence-corrected chi connectivity index (χ3v) is 4.23. The molecule has 0 saturated carbocycles. The van der Waals surface area contributed by atoms with Crippen LogP contribution >= 0.6 is 0 Å². The average Bonchev–Trinajstić information content (AvgIpc) is 2.47. The van der Waals surface area contributed by atoms with Crippen LogP contribution in [0.2, 0.25) is 0 Å². The largest absolute Gasteiger partial charge is 0.416 e. The van der Waals surface area contributed by atoms with Crippen molar-refractivity contribution in [2.75, 3.05) is 23.3 Å². The Morgan fingerprint density at radius 2 is 1.87 bits per heavy atom. The molecular weight excluding hydrogens is 305 g/mol. The van der Waals surface area contributed by atoms with E-state index in [-0.39, 0.29) is 17.5 Å². The Bertz CT molecular complexity index is 561. The topological polar surface area (TPSA) is 32.3 Å². The van der Waals surface area contributed by atoms with Crippen LogP contribution in [0.15, 0.2) is 18.2 Å². The summed E-state index contributed by atoms with van der Waals surface area (Å²) < 4.78 is 38.9. The molecule has 1 heterocycles. The van der Waals surface area contributed by atoms with Crippen LogP contribution in [-0.4, -0.2) is 19.0 Å². The summed E-state index contributed by atoms with van der Waals surface area (Å²) in [6.45, 7) is 7.18. The molecule has 0 aliphatic carbocycles. The van der Waals surface area contributed by atoms with E-state index in [1.54, 1.807) is 13.8 Å². The number of hydrogen-bond acceptors (Lipinski definition) is 2. The number of hydrogen-bond donors (Lipinski definition) is 1. The van der Waals surface area contributed by atoms with Crippen LogP contribution in [0.4, 0.5) is 24.5 Å².